The summed E-state index contributed by atoms with van der Waals surface area (Å²) in [5, 5.41) is 17.9. The maximum absolute atomic E-state index is 12.9. The van der Waals surface area contributed by atoms with E-state index in [0.29, 0.717) is 76.8 Å². The van der Waals surface area contributed by atoms with Gasteiger partial charge in [-0.1, -0.05) is 83.1 Å². The molecule has 0 aromatic carbocycles. The zero-order valence-electron chi connectivity index (χ0n) is 38.2. The van der Waals surface area contributed by atoms with Gasteiger partial charge < -0.3 is 40.8 Å². The molecule has 0 rings (SSSR count). The normalized spacial score (nSPS) is 14.7. The van der Waals surface area contributed by atoms with Crippen LogP contribution in [0.4, 0.5) is 9.59 Å². The molecule has 14 nitrogen and oxygen atoms in total. The fourth-order valence-electron chi connectivity index (χ4n) is 7.05. The van der Waals surface area contributed by atoms with Crippen LogP contribution < -0.4 is 31.9 Å². The highest BCUT2D eigenvalue weighted by atomic mass is 16.6. The minimum atomic E-state index is -0.846. The lowest BCUT2D eigenvalue weighted by Crippen LogP contribution is -2.40. The third-order valence-electron chi connectivity index (χ3n) is 10.2. The molecule has 0 saturated carbocycles. The van der Waals surface area contributed by atoms with Crippen LogP contribution in [0.2, 0.25) is 0 Å². The van der Waals surface area contributed by atoms with Crippen LogP contribution in [0.3, 0.4) is 0 Å². The van der Waals surface area contributed by atoms with Gasteiger partial charge in [0.2, 0.25) is 17.7 Å². The molecule has 5 unspecified atom stereocenters. The maximum atomic E-state index is 12.9. The Morgan fingerprint density at radius 2 is 0.877 bits per heavy atom. The zero-order chi connectivity index (χ0) is 43.7. The minimum absolute atomic E-state index is 0.0123. The second-order valence-electron chi connectivity index (χ2n) is 18.6. The van der Waals surface area contributed by atoms with Crippen molar-refractivity contribution >= 4 is 29.9 Å². The van der Waals surface area contributed by atoms with Crippen LogP contribution >= 0.6 is 0 Å². The van der Waals surface area contributed by atoms with E-state index in [9.17, 15) is 24.0 Å². The van der Waals surface area contributed by atoms with Gasteiger partial charge in [0, 0.05) is 52.0 Å². The summed E-state index contributed by atoms with van der Waals surface area (Å²) in [4.78, 5) is 60.6. The van der Waals surface area contributed by atoms with Crippen LogP contribution in [0.5, 0.6) is 0 Å². The summed E-state index contributed by atoms with van der Waals surface area (Å²) in [6.45, 7) is 30.0. The summed E-state index contributed by atoms with van der Waals surface area (Å²) < 4.78 is 17.2. The van der Waals surface area contributed by atoms with E-state index in [0.717, 1.165) is 32.1 Å². The smallest absolute Gasteiger partial charge is 0.407 e. The van der Waals surface area contributed by atoms with Crippen molar-refractivity contribution in [3.05, 3.63) is 0 Å². The first-order valence-corrected chi connectivity index (χ1v) is 21.5. The van der Waals surface area contributed by atoms with Gasteiger partial charge in [-0.25, -0.2) is 9.59 Å². The van der Waals surface area contributed by atoms with Crippen LogP contribution in [-0.2, 0) is 28.6 Å². The van der Waals surface area contributed by atoms with Crippen molar-refractivity contribution in [1.82, 2.24) is 31.9 Å². The van der Waals surface area contributed by atoms with Gasteiger partial charge >= 0.3 is 12.2 Å². The standard InChI is InChI=1S/C43H84N6O8/c1-14-36(50)47-26-31(4)23-41(8,9)17-20-44-34(7)55-29-35(57-40(54)46-22-19-43(12,13)25-33(6)28-49-38(52)16-3)30-56-39(53)45-21-18-42(10,11)24-32(5)27-48-37(51)15-2/h31-35,44H,14-30H2,1-13H3,(H,45,53)(H,46,54)(H,47,50)(H,48,51)(H,49,52). The molecule has 5 atom stereocenters. The van der Waals surface area contributed by atoms with E-state index in [1.54, 1.807) is 0 Å². The van der Waals surface area contributed by atoms with Crippen LogP contribution in [0.25, 0.3) is 0 Å². The number of carbonyl (C=O) groups excluding carboxylic acids is 5. The molecule has 0 aliphatic rings. The Balaban J connectivity index is 5.16. The van der Waals surface area contributed by atoms with E-state index in [1.807, 2.05) is 27.7 Å². The van der Waals surface area contributed by atoms with Gasteiger partial charge in [0.1, 0.15) is 12.8 Å². The van der Waals surface area contributed by atoms with Gasteiger partial charge in [0.15, 0.2) is 6.10 Å². The molecule has 6 N–H and O–H groups in total. The average molecular weight is 813 g/mol. The van der Waals surface area contributed by atoms with Gasteiger partial charge in [-0.3, -0.25) is 19.7 Å². The lowest BCUT2D eigenvalue weighted by Gasteiger charge is -2.29. The zero-order valence-corrected chi connectivity index (χ0v) is 38.2. The summed E-state index contributed by atoms with van der Waals surface area (Å²) in [5.74, 6) is 1.06. The molecular weight excluding hydrogens is 729 g/mol. The number of carbonyl (C=O) groups is 5. The van der Waals surface area contributed by atoms with Gasteiger partial charge in [-0.15, -0.1) is 0 Å². The van der Waals surface area contributed by atoms with E-state index in [-0.39, 0.29) is 59.3 Å². The summed E-state index contributed by atoms with van der Waals surface area (Å²) in [5.41, 5.74) is -0.101. The van der Waals surface area contributed by atoms with E-state index in [4.69, 9.17) is 14.2 Å². The first-order chi connectivity index (χ1) is 26.5. The van der Waals surface area contributed by atoms with Gasteiger partial charge in [0.05, 0.1) is 6.61 Å². The number of nitrogens with one attached hydrogen (secondary N) is 6. The second-order valence-corrected chi connectivity index (χ2v) is 18.6. The summed E-state index contributed by atoms with van der Waals surface area (Å²) in [7, 11) is 0. The van der Waals surface area contributed by atoms with Crippen molar-refractivity contribution in [3.8, 4) is 0 Å². The Bertz CT molecular complexity index is 1180. The Morgan fingerprint density at radius 1 is 0.509 bits per heavy atom. The van der Waals surface area contributed by atoms with Crippen molar-refractivity contribution < 1.29 is 38.2 Å². The predicted octanol–water partition coefficient (Wildman–Crippen LogP) is 6.67. The molecule has 0 aromatic rings. The second kappa shape index (κ2) is 28.3. The average Bonchev–Trinajstić information content (AvgIpc) is 3.11. The van der Waals surface area contributed by atoms with Gasteiger partial charge in [0.25, 0.3) is 0 Å². The highest BCUT2D eigenvalue weighted by Crippen LogP contribution is 2.30. The van der Waals surface area contributed by atoms with E-state index < -0.39 is 18.3 Å². The Morgan fingerprint density at radius 3 is 1.26 bits per heavy atom. The number of rotatable bonds is 31. The van der Waals surface area contributed by atoms with Gasteiger partial charge in [-0.2, -0.15) is 0 Å². The number of hydrogen-bond acceptors (Lipinski definition) is 9. The van der Waals surface area contributed by atoms with Crippen LogP contribution in [0, 0.1) is 34.0 Å². The van der Waals surface area contributed by atoms with E-state index in [1.165, 1.54) is 0 Å². The molecule has 5 amide bonds. The minimum Gasteiger partial charge on any atom is -0.446 e. The molecule has 0 saturated heterocycles. The van der Waals surface area contributed by atoms with Crippen molar-refractivity contribution in [2.75, 3.05) is 52.5 Å². The fourth-order valence-corrected chi connectivity index (χ4v) is 7.05. The third-order valence-corrected chi connectivity index (χ3v) is 10.2. The lowest BCUT2D eigenvalue weighted by atomic mass is 9.80. The maximum Gasteiger partial charge on any atom is 0.407 e. The molecule has 334 valence electrons. The van der Waals surface area contributed by atoms with Crippen molar-refractivity contribution in [1.29, 1.82) is 0 Å². The molecule has 0 radical (unpaired) electrons. The molecule has 0 spiro atoms. The van der Waals surface area contributed by atoms with Crippen molar-refractivity contribution in [3.63, 3.8) is 0 Å². The molecular formula is C43H84N6O8. The Kier molecular flexibility index (Phi) is 26.8. The molecule has 0 aliphatic carbocycles. The Labute approximate surface area is 346 Å². The number of amides is 5. The molecule has 0 bridgehead atoms. The number of hydrogen-bond donors (Lipinski definition) is 6. The fraction of sp³-hybridized carbons (Fsp3) is 0.884. The highest BCUT2D eigenvalue weighted by molar-refractivity contribution is 5.76. The molecule has 57 heavy (non-hydrogen) atoms. The molecule has 0 aliphatic heterocycles. The summed E-state index contributed by atoms with van der Waals surface area (Å²) in [6.07, 6.45) is 4.01. The van der Waals surface area contributed by atoms with Crippen LogP contribution in [0.15, 0.2) is 0 Å². The first-order valence-electron chi connectivity index (χ1n) is 21.5. The topological polar surface area (TPSA) is 185 Å². The van der Waals surface area contributed by atoms with Crippen molar-refractivity contribution in [2.45, 2.75) is 160 Å². The summed E-state index contributed by atoms with van der Waals surface area (Å²) >= 11 is 0. The van der Waals surface area contributed by atoms with Crippen LogP contribution in [0.1, 0.15) is 148 Å². The van der Waals surface area contributed by atoms with E-state index >= 15 is 0 Å². The predicted molar refractivity (Wildman–Crippen MR) is 227 cm³/mol. The monoisotopic (exact) mass is 813 g/mol. The molecule has 0 aromatic heterocycles. The van der Waals surface area contributed by atoms with Crippen molar-refractivity contribution in [2.24, 2.45) is 34.0 Å². The SMILES string of the molecule is CCC(=O)NCC(C)CC(C)(C)CCNC(=O)OCC(COC(C)NCCC(C)(C)CC(C)CNC(=O)CC)OC(=O)NCCC(C)(C)CC(C)CNC(=O)CC. The largest absolute Gasteiger partial charge is 0.446 e. The van der Waals surface area contributed by atoms with Crippen LogP contribution in [-0.4, -0.2) is 94.7 Å². The first kappa shape index (κ1) is 53.9. The lowest BCUT2D eigenvalue weighted by molar-refractivity contribution is -0.121. The summed E-state index contributed by atoms with van der Waals surface area (Å²) in [6, 6.07) is 0. The van der Waals surface area contributed by atoms with Gasteiger partial charge in [-0.05, 0) is 86.0 Å². The highest BCUT2D eigenvalue weighted by Gasteiger charge is 2.25. The van der Waals surface area contributed by atoms with E-state index in [2.05, 4.69) is 94.2 Å². The number of alkyl carbamates (subject to hydrolysis) is 2. The third kappa shape index (κ3) is 29.7. The molecule has 0 heterocycles. The number of ether oxygens (including phenoxy) is 3. The quantitative estimate of drug-likeness (QED) is 0.0417. The molecule has 14 heteroatoms. The Hall–Kier alpha value is -3.13. The molecule has 0 fully saturated rings.